The Morgan fingerprint density at radius 1 is 1.27 bits per heavy atom. The topological polar surface area (TPSA) is 43.6 Å². The minimum absolute atomic E-state index is 0.0609. The largest absolute Gasteiger partial charge is 0.383 e. The van der Waals surface area contributed by atoms with Crippen molar-refractivity contribution < 1.29 is 9.53 Å². The van der Waals surface area contributed by atoms with Crippen LogP contribution in [0.2, 0.25) is 0 Å². The molecule has 0 spiro atoms. The lowest BCUT2D eigenvalue weighted by molar-refractivity contribution is -0.123. The van der Waals surface area contributed by atoms with E-state index in [-0.39, 0.29) is 11.8 Å². The van der Waals surface area contributed by atoms with Crippen molar-refractivity contribution in [1.29, 1.82) is 0 Å². The number of thiazole rings is 1. The molecule has 4 nitrogen and oxygen atoms in total. The summed E-state index contributed by atoms with van der Waals surface area (Å²) in [7, 11) is 1.70. The molecular formula is C17H28N2O2S. The molecule has 1 aliphatic rings. The first-order valence-electron chi connectivity index (χ1n) is 8.16. The molecule has 1 unspecified atom stereocenters. The highest BCUT2D eigenvalue weighted by atomic mass is 32.1. The maximum atomic E-state index is 12.6. The number of carbonyl (C=O) groups is 1. The van der Waals surface area contributed by atoms with Gasteiger partial charge in [-0.3, -0.25) is 4.79 Å². The van der Waals surface area contributed by atoms with Crippen LogP contribution in [0.3, 0.4) is 0 Å². The van der Waals surface area contributed by atoms with Crippen molar-refractivity contribution in [1.82, 2.24) is 4.57 Å². The Hall–Kier alpha value is -0.940. The Morgan fingerprint density at radius 3 is 2.50 bits per heavy atom. The van der Waals surface area contributed by atoms with E-state index in [2.05, 4.69) is 37.3 Å². The lowest BCUT2D eigenvalue weighted by Crippen LogP contribution is -2.27. The number of nitrogens with zero attached hydrogens (tertiary/aromatic N) is 2. The van der Waals surface area contributed by atoms with Crippen LogP contribution in [0.5, 0.6) is 0 Å². The molecule has 2 rings (SSSR count). The molecule has 0 aliphatic heterocycles. The van der Waals surface area contributed by atoms with Gasteiger partial charge in [-0.1, -0.05) is 13.8 Å². The van der Waals surface area contributed by atoms with Crippen LogP contribution in [0.4, 0.5) is 0 Å². The summed E-state index contributed by atoms with van der Waals surface area (Å²) in [6.45, 7) is 10.0. The van der Waals surface area contributed by atoms with Crippen LogP contribution in [-0.2, 0) is 16.1 Å². The summed E-state index contributed by atoms with van der Waals surface area (Å²) in [5, 5.41) is 0. The lowest BCUT2D eigenvalue weighted by atomic mass is 9.76. The fourth-order valence-electron chi connectivity index (χ4n) is 3.46. The molecule has 1 aliphatic carbocycles. The molecule has 3 atom stereocenters. The van der Waals surface area contributed by atoms with Crippen LogP contribution in [0.1, 0.15) is 43.7 Å². The molecule has 1 fully saturated rings. The molecule has 1 aromatic heterocycles. The van der Waals surface area contributed by atoms with Crippen LogP contribution in [0, 0.1) is 31.6 Å². The van der Waals surface area contributed by atoms with E-state index in [9.17, 15) is 4.79 Å². The van der Waals surface area contributed by atoms with E-state index in [1.807, 2.05) is 0 Å². The van der Waals surface area contributed by atoms with Crippen LogP contribution in [0.25, 0.3) is 0 Å². The molecular weight excluding hydrogens is 296 g/mol. The summed E-state index contributed by atoms with van der Waals surface area (Å²) in [4.78, 5) is 19.1. The quantitative estimate of drug-likeness (QED) is 0.853. The number of carbonyl (C=O) groups excluding carboxylic acids is 1. The fourth-order valence-corrected chi connectivity index (χ4v) is 4.47. The molecule has 5 heteroatoms. The highest BCUT2D eigenvalue weighted by Gasteiger charge is 2.28. The van der Waals surface area contributed by atoms with Gasteiger partial charge in [0.15, 0.2) is 4.80 Å². The van der Waals surface area contributed by atoms with Crippen molar-refractivity contribution in [3.63, 3.8) is 0 Å². The van der Waals surface area contributed by atoms with E-state index in [1.54, 1.807) is 18.4 Å². The second-order valence-electron chi connectivity index (χ2n) is 6.74. The minimum Gasteiger partial charge on any atom is -0.383 e. The van der Waals surface area contributed by atoms with E-state index < -0.39 is 0 Å². The van der Waals surface area contributed by atoms with E-state index in [1.165, 1.54) is 17.0 Å². The average molecular weight is 324 g/mol. The predicted molar refractivity (Wildman–Crippen MR) is 89.9 cm³/mol. The molecule has 0 aromatic carbocycles. The van der Waals surface area contributed by atoms with Gasteiger partial charge < -0.3 is 9.30 Å². The van der Waals surface area contributed by atoms with Crippen molar-refractivity contribution in [2.75, 3.05) is 13.7 Å². The summed E-state index contributed by atoms with van der Waals surface area (Å²) < 4.78 is 7.28. The molecule has 0 bridgehead atoms. The number of methoxy groups -OCH3 is 1. The Kier molecular flexibility index (Phi) is 5.98. The van der Waals surface area contributed by atoms with E-state index >= 15 is 0 Å². The van der Waals surface area contributed by atoms with Crippen LogP contribution in [0.15, 0.2) is 4.99 Å². The molecule has 0 N–H and O–H groups in total. The second-order valence-corrected chi connectivity index (χ2v) is 7.92. The zero-order valence-electron chi connectivity index (χ0n) is 14.4. The number of rotatable bonds is 4. The van der Waals surface area contributed by atoms with Gasteiger partial charge in [0, 0.05) is 30.1 Å². The first kappa shape index (κ1) is 17.4. The maximum absolute atomic E-state index is 12.6. The Morgan fingerprint density at radius 2 is 1.91 bits per heavy atom. The van der Waals surface area contributed by atoms with Crippen molar-refractivity contribution in [2.45, 2.75) is 53.5 Å². The smallest absolute Gasteiger partial charge is 0.251 e. The Balaban J connectivity index is 2.24. The standard InChI is InChI=1S/C17H28N2O2S/c1-11-8-12(2)10-15(9-11)16(20)18-17-19(6-7-21-5)13(3)14(4)22-17/h11-12,15H,6-10H2,1-5H3/b18-17-/t11-,12+,15?. The first-order valence-corrected chi connectivity index (χ1v) is 8.98. The number of aromatic nitrogens is 1. The molecule has 1 saturated carbocycles. The predicted octanol–water partition coefficient (Wildman–Crippen LogP) is 3.31. The number of amides is 1. The van der Waals surface area contributed by atoms with E-state index in [0.29, 0.717) is 18.4 Å². The fraction of sp³-hybridized carbons (Fsp3) is 0.765. The third-order valence-electron chi connectivity index (χ3n) is 4.64. The van der Waals surface area contributed by atoms with Gasteiger partial charge in [-0.25, -0.2) is 0 Å². The number of hydrogen-bond donors (Lipinski definition) is 0. The van der Waals surface area contributed by atoms with Crippen molar-refractivity contribution >= 4 is 17.2 Å². The number of aryl methyl sites for hydroxylation is 1. The summed E-state index contributed by atoms with van der Waals surface area (Å²) in [6, 6.07) is 0. The van der Waals surface area contributed by atoms with Gasteiger partial charge in [-0.15, -0.1) is 11.3 Å². The zero-order valence-corrected chi connectivity index (χ0v) is 15.2. The number of ether oxygens (including phenoxy) is 1. The van der Waals surface area contributed by atoms with Crippen LogP contribution >= 0.6 is 11.3 Å². The summed E-state index contributed by atoms with van der Waals surface area (Å²) in [6.07, 6.45) is 3.19. The Labute approximate surface area is 137 Å². The van der Waals surface area contributed by atoms with Crippen molar-refractivity contribution in [3.8, 4) is 0 Å². The summed E-state index contributed by atoms with van der Waals surface area (Å²) in [5.41, 5.74) is 1.18. The normalized spacial score (nSPS) is 26.4. The van der Waals surface area contributed by atoms with Gasteiger partial charge in [0.05, 0.1) is 6.61 Å². The van der Waals surface area contributed by atoms with Gasteiger partial charge >= 0.3 is 0 Å². The first-order chi connectivity index (χ1) is 10.4. The summed E-state index contributed by atoms with van der Waals surface area (Å²) in [5.74, 6) is 1.41. The SMILES string of the molecule is COCCn1c(C)c(C)s/c1=N\C(=O)C1C[C@@H](C)C[C@@H](C)C1. The third-order valence-corrected chi connectivity index (χ3v) is 5.74. The molecule has 1 amide bonds. The van der Waals surface area contributed by atoms with Crippen LogP contribution in [-0.4, -0.2) is 24.2 Å². The molecule has 0 radical (unpaired) electrons. The van der Waals surface area contributed by atoms with Crippen LogP contribution < -0.4 is 4.80 Å². The Bertz CT molecular complexity index is 578. The van der Waals surface area contributed by atoms with Gasteiger partial charge in [0.25, 0.3) is 5.91 Å². The van der Waals surface area contributed by atoms with E-state index in [0.717, 1.165) is 24.2 Å². The molecule has 1 heterocycles. The van der Waals surface area contributed by atoms with E-state index in [4.69, 9.17) is 4.74 Å². The maximum Gasteiger partial charge on any atom is 0.251 e. The highest BCUT2D eigenvalue weighted by molar-refractivity contribution is 7.09. The monoisotopic (exact) mass is 324 g/mol. The minimum atomic E-state index is 0.0609. The molecule has 1 aromatic rings. The second kappa shape index (κ2) is 7.55. The van der Waals surface area contributed by atoms with Crippen molar-refractivity contribution in [2.24, 2.45) is 22.7 Å². The van der Waals surface area contributed by atoms with Crippen molar-refractivity contribution in [3.05, 3.63) is 15.4 Å². The average Bonchev–Trinajstić information content (AvgIpc) is 2.70. The zero-order chi connectivity index (χ0) is 16.3. The molecule has 124 valence electrons. The highest BCUT2D eigenvalue weighted by Crippen LogP contribution is 2.33. The molecule has 22 heavy (non-hydrogen) atoms. The van der Waals surface area contributed by atoms with Gasteiger partial charge in [0.2, 0.25) is 0 Å². The number of hydrogen-bond acceptors (Lipinski definition) is 3. The van der Waals surface area contributed by atoms with Gasteiger partial charge in [-0.2, -0.15) is 4.99 Å². The van der Waals surface area contributed by atoms with Gasteiger partial charge in [-0.05, 0) is 44.9 Å². The lowest BCUT2D eigenvalue weighted by Gasteiger charge is -2.29. The third kappa shape index (κ3) is 4.07. The molecule has 0 saturated heterocycles. The van der Waals surface area contributed by atoms with Gasteiger partial charge in [0.1, 0.15) is 0 Å². The summed E-state index contributed by atoms with van der Waals surface area (Å²) >= 11 is 1.61.